The molecule has 1 aromatic carbocycles. The molecular weight excluding hydrogens is 245 g/mol. The van der Waals surface area contributed by atoms with Gasteiger partial charge in [0.1, 0.15) is 0 Å². The molecule has 0 saturated carbocycles. The van der Waals surface area contributed by atoms with E-state index >= 15 is 0 Å². The van der Waals surface area contributed by atoms with Gasteiger partial charge in [0.2, 0.25) is 0 Å². The Morgan fingerprint density at radius 2 is 2.11 bits per heavy atom. The quantitative estimate of drug-likeness (QED) is 0.607. The molecule has 0 N–H and O–H groups in total. The predicted octanol–water partition coefficient (Wildman–Crippen LogP) is 1.27. The van der Waals surface area contributed by atoms with Crippen molar-refractivity contribution in [1.29, 1.82) is 0 Å². The molecule has 3 heteroatoms. The van der Waals surface area contributed by atoms with Crippen molar-refractivity contribution in [2.75, 3.05) is 0 Å². The first-order chi connectivity index (χ1) is 4.20. The van der Waals surface area contributed by atoms with Crippen LogP contribution in [0.15, 0.2) is 18.2 Å². The summed E-state index contributed by atoms with van der Waals surface area (Å²) in [4.78, 5) is 0. The van der Waals surface area contributed by atoms with Crippen LogP contribution in [0.2, 0.25) is 5.02 Å². The van der Waals surface area contributed by atoms with Crippen molar-refractivity contribution < 1.29 is 4.39 Å². The van der Waals surface area contributed by atoms with Gasteiger partial charge in [0.15, 0.2) is 0 Å². The second-order valence-corrected chi connectivity index (χ2v) is 3.57. The number of hydrogen-bond acceptors (Lipinski definition) is 0. The van der Waals surface area contributed by atoms with Gasteiger partial charge in [0, 0.05) is 0 Å². The van der Waals surface area contributed by atoms with Crippen LogP contribution >= 0.6 is 11.6 Å². The Bertz CT molecular complexity index is 224. The van der Waals surface area contributed by atoms with Gasteiger partial charge in [0.05, 0.1) is 0 Å². The van der Waals surface area contributed by atoms with Gasteiger partial charge in [-0.05, 0) is 0 Å². The molecular formula is C6H3ClFSn. The van der Waals surface area contributed by atoms with E-state index < -0.39 is 0 Å². The standard InChI is InChI=1S/C6H3ClF.Sn/c7-5-2-1-3-6(8)4-5;/h1,3-4H;. The third-order valence-electron chi connectivity index (χ3n) is 0.931. The fourth-order valence-electron chi connectivity index (χ4n) is 0.489. The summed E-state index contributed by atoms with van der Waals surface area (Å²) in [6.07, 6.45) is 0. The Labute approximate surface area is 71.1 Å². The average Bonchev–Trinajstić information content (AvgIpc) is 1.80. The van der Waals surface area contributed by atoms with Crippen LogP contribution in [0.4, 0.5) is 4.39 Å². The van der Waals surface area contributed by atoms with Gasteiger partial charge in [-0.15, -0.1) is 0 Å². The van der Waals surface area contributed by atoms with Crippen molar-refractivity contribution in [2.24, 2.45) is 0 Å². The second kappa shape index (κ2) is 2.88. The molecule has 0 aliphatic carbocycles. The molecule has 1 rings (SSSR count). The van der Waals surface area contributed by atoms with E-state index in [0.717, 1.165) is 3.58 Å². The van der Waals surface area contributed by atoms with Crippen LogP contribution in [0.1, 0.15) is 0 Å². The fraction of sp³-hybridized carbons (Fsp3) is 0. The zero-order chi connectivity index (χ0) is 6.85. The van der Waals surface area contributed by atoms with E-state index in [1.807, 2.05) is 0 Å². The van der Waals surface area contributed by atoms with Gasteiger partial charge in [-0.25, -0.2) is 0 Å². The molecule has 9 heavy (non-hydrogen) atoms. The zero-order valence-electron chi connectivity index (χ0n) is 4.49. The molecule has 0 heterocycles. The molecule has 0 fully saturated rings. The van der Waals surface area contributed by atoms with Gasteiger partial charge in [-0.1, -0.05) is 0 Å². The Morgan fingerprint density at radius 3 is 2.56 bits per heavy atom. The van der Waals surface area contributed by atoms with E-state index in [9.17, 15) is 4.39 Å². The summed E-state index contributed by atoms with van der Waals surface area (Å²) >= 11 is 6.81. The van der Waals surface area contributed by atoms with Crippen LogP contribution in [0, 0.1) is 5.82 Å². The summed E-state index contributed by atoms with van der Waals surface area (Å²) in [5.74, 6) is -0.272. The van der Waals surface area contributed by atoms with Crippen molar-refractivity contribution in [2.45, 2.75) is 0 Å². The van der Waals surface area contributed by atoms with E-state index in [-0.39, 0.29) is 5.82 Å². The number of rotatable bonds is 0. The first-order valence-electron chi connectivity index (χ1n) is 2.37. The zero-order valence-corrected chi connectivity index (χ0v) is 8.10. The molecule has 0 atom stereocenters. The molecule has 0 aliphatic rings. The average molecular weight is 248 g/mol. The molecule has 45 valence electrons. The second-order valence-electron chi connectivity index (χ2n) is 1.62. The van der Waals surface area contributed by atoms with Crippen LogP contribution in [0.25, 0.3) is 0 Å². The van der Waals surface area contributed by atoms with Crippen LogP contribution in [0.3, 0.4) is 0 Å². The van der Waals surface area contributed by atoms with Crippen molar-refractivity contribution >= 4 is 37.7 Å². The summed E-state index contributed by atoms with van der Waals surface area (Å²) in [6, 6.07) is 4.43. The minimum atomic E-state index is -0.272. The molecule has 1 aromatic rings. The molecule has 0 aliphatic heterocycles. The molecule has 0 nitrogen and oxygen atoms in total. The van der Waals surface area contributed by atoms with E-state index in [1.165, 1.54) is 34.7 Å². The SMILES string of the molecule is Fc1cc[c]([Sn])c(Cl)c1. The number of hydrogen-bond donors (Lipinski definition) is 0. The maximum atomic E-state index is 12.3. The van der Waals surface area contributed by atoms with Gasteiger partial charge < -0.3 is 0 Å². The summed E-state index contributed by atoms with van der Waals surface area (Å²) in [7, 11) is 0. The van der Waals surface area contributed by atoms with E-state index in [2.05, 4.69) is 0 Å². The Morgan fingerprint density at radius 1 is 1.44 bits per heavy atom. The fourth-order valence-corrected chi connectivity index (χ4v) is 1.10. The van der Waals surface area contributed by atoms with Gasteiger partial charge >= 0.3 is 71.1 Å². The summed E-state index contributed by atoms with van der Waals surface area (Å²) in [5.41, 5.74) is 0. The maximum absolute atomic E-state index is 12.3. The van der Waals surface area contributed by atoms with Crippen molar-refractivity contribution in [1.82, 2.24) is 0 Å². The van der Waals surface area contributed by atoms with Gasteiger partial charge in [0.25, 0.3) is 0 Å². The van der Waals surface area contributed by atoms with Crippen molar-refractivity contribution in [3.63, 3.8) is 0 Å². The van der Waals surface area contributed by atoms with Gasteiger partial charge in [-0.2, -0.15) is 0 Å². The topological polar surface area (TPSA) is 0 Å². The molecule has 0 saturated heterocycles. The minimum absolute atomic E-state index is 0.272. The molecule has 3 radical (unpaired) electrons. The van der Waals surface area contributed by atoms with E-state index in [0.29, 0.717) is 5.02 Å². The summed E-state index contributed by atoms with van der Waals surface area (Å²) in [6.45, 7) is 0. The Hall–Kier alpha value is 0.239. The monoisotopic (exact) mass is 249 g/mol. The third kappa shape index (κ3) is 1.83. The van der Waals surface area contributed by atoms with E-state index in [1.54, 1.807) is 6.07 Å². The molecule has 0 unspecified atom stereocenters. The van der Waals surface area contributed by atoms with Crippen molar-refractivity contribution in [3.05, 3.63) is 29.0 Å². The van der Waals surface area contributed by atoms with Crippen molar-refractivity contribution in [3.8, 4) is 0 Å². The van der Waals surface area contributed by atoms with Crippen LogP contribution in [-0.4, -0.2) is 22.5 Å². The first-order valence-corrected chi connectivity index (χ1v) is 4.17. The number of benzene rings is 1. The molecule has 0 aromatic heterocycles. The van der Waals surface area contributed by atoms with Crippen LogP contribution < -0.4 is 3.58 Å². The molecule has 0 bridgehead atoms. The first kappa shape index (κ1) is 7.35. The molecule has 0 amide bonds. The third-order valence-corrected chi connectivity index (χ3v) is 2.94. The summed E-state index contributed by atoms with van der Waals surface area (Å²) < 4.78 is 13.3. The number of halogens is 2. The van der Waals surface area contributed by atoms with E-state index in [4.69, 9.17) is 11.6 Å². The Kier molecular flexibility index (Phi) is 2.35. The normalized spacial score (nSPS) is 9.67. The predicted molar refractivity (Wildman–Crippen MR) is 36.8 cm³/mol. The summed E-state index contributed by atoms with van der Waals surface area (Å²) in [5, 5.41) is 0.521. The van der Waals surface area contributed by atoms with Gasteiger partial charge in [-0.3, -0.25) is 0 Å². The Balaban J connectivity index is 3.17. The molecule has 0 spiro atoms. The van der Waals surface area contributed by atoms with Crippen LogP contribution in [0.5, 0.6) is 0 Å². The van der Waals surface area contributed by atoms with Crippen LogP contribution in [-0.2, 0) is 0 Å².